The second-order valence-corrected chi connectivity index (χ2v) is 5.17. The molecule has 1 N–H and O–H groups in total. The number of anilines is 1. The molecule has 0 spiro atoms. The van der Waals surface area contributed by atoms with Crippen LogP contribution in [0.25, 0.3) is 0 Å². The monoisotopic (exact) mass is 239 g/mol. The number of piperidine rings is 1. The molecule has 5 heteroatoms. The number of rotatable bonds is 3. The molecule has 1 aromatic rings. The Balaban J connectivity index is 1.79. The lowest BCUT2D eigenvalue weighted by molar-refractivity contribution is -0.130. The van der Waals surface area contributed by atoms with Crippen LogP contribution in [0.3, 0.4) is 0 Å². The fraction of sp³-hybridized carbons (Fsp3) is 0.636. The van der Waals surface area contributed by atoms with Gasteiger partial charge in [-0.25, -0.2) is 4.98 Å². The second kappa shape index (κ2) is 5.30. The maximum Gasteiger partial charge on any atom is 0.241 e. The summed E-state index contributed by atoms with van der Waals surface area (Å²) in [6.07, 6.45) is 4.11. The third-order valence-electron chi connectivity index (χ3n) is 2.83. The number of nitrogens with one attached hydrogen (secondary N) is 1. The van der Waals surface area contributed by atoms with Crippen LogP contribution in [0, 0.1) is 5.92 Å². The van der Waals surface area contributed by atoms with Crippen LogP contribution < -0.4 is 5.32 Å². The van der Waals surface area contributed by atoms with E-state index in [1.165, 1.54) is 17.8 Å². The largest absolute Gasteiger partial charge is 0.352 e. The minimum atomic E-state index is 0.182. The van der Waals surface area contributed by atoms with Crippen LogP contribution in [0.1, 0.15) is 19.8 Å². The molecular weight excluding hydrogens is 222 g/mol. The number of amides is 1. The van der Waals surface area contributed by atoms with E-state index in [-0.39, 0.29) is 5.91 Å². The van der Waals surface area contributed by atoms with Gasteiger partial charge in [0.25, 0.3) is 0 Å². The number of hydrogen-bond acceptors (Lipinski definition) is 4. The summed E-state index contributed by atoms with van der Waals surface area (Å²) in [6, 6.07) is 0. The lowest BCUT2D eigenvalue weighted by atomic mass is 10.0. The maximum atomic E-state index is 11.9. The summed E-state index contributed by atoms with van der Waals surface area (Å²) in [5.41, 5.74) is 0. The number of likely N-dealkylation sites (tertiary alicyclic amines) is 1. The van der Waals surface area contributed by atoms with Crippen LogP contribution in [-0.4, -0.2) is 35.4 Å². The lowest BCUT2D eigenvalue weighted by Gasteiger charge is -2.30. The van der Waals surface area contributed by atoms with E-state index >= 15 is 0 Å². The molecule has 1 aromatic heterocycles. The first kappa shape index (κ1) is 11.4. The standard InChI is InChI=1S/C11H17N3OS/c1-9-3-2-5-14(8-9)10(15)7-13-11-12-4-6-16-11/h4,6,9H,2-3,5,7-8H2,1H3,(H,12,13). The Hall–Kier alpha value is -1.10. The van der Waals surface area contributed by atoms with Gasteiger partial charge < -0.3 is 10.2 Å². The fourth-order valence-electron chi connectivity index (χ4n) is 1.99. The van der Waals surface area contributed by atoms with Crippen LogP contribution in [0.4, 0.5) is 5.13 Å². The van der Waals surface area contributed by atoms with E-state index in [1.807, 2.05) is 10.3 Å². The first-order chi connectivity index (χ1) is 7.75. The van der Waals surface area contributed by atoms with Gasteiger partial charge in [0.05, 0.1) is 6.54 Å². The highest BCUT2D eigenvalue weighted by molar-refractivity contribution is 7.13. The zero-order valence-corrected chi connectivity index (χ0v) is 10.3. The highest BCUT2D eigenvalue weighted by atomic mass is 32.1. The molecule has 88 valence electrons. The molecule has 16 heavy (non-hydrogen) atoms. The minimum absolute atomic E-state index is 0.182. The van der Waals surface area contributed by atoms with Gasteiger partial charge in [-0.1, -0.05) is 6.92 Å². The summed E-state index contributed by atoms with van der Waals surface area (Å²) in [4.78, 5) is 17.9. The zero-order valence-electron chi connectivity index (χ0n) is 9.48. The highest BCUT2D eigenvalue weighted by Gasteiger charge is 2.20. The number of hydrogen-bond donors (Lipinski definition) is 1. The molecule has 1 saturated heterocycles. The molecule has 0 aliphatic carbocycles. The van der Waals surface area contributed by atoms with E-state index in [4.69, 9.17) is 0 Å². The number of aromatic nitrogens is 1. The molecule has 1 aliphatic rings. The first-order valence-electron chi connectivity index (χ1n) is 5.67. The van der Waals surface area contributed by atoms with Gasteiger partial charge in [-0.15, -0.1) is 11.3 Å². The van der Waals surface area contributed by atoms with Crippen molar-refractivity contribution >= 4 is 22.4 Å². The van der Waals surface area contributed by atoms with E-state index < -0.39 is 0 Å². The number of carbonyl (C=O) groups is 1. The van der Waals surface area contributed by atoms with Crippen molar-refractivity contribution in [2.75, 3.05) is 25.0 Å². The molecule has 1 unspecified atom stereocenters. The minimum Gasteiger partial charge on any atom is -0.352 e. The maximum absolute atomic E-state index is 11.9. The normalized spacial score (nSPS) is 20.8. The third kappa shape index (κ3) is 2.95. The average Bonchev–Trinajstić information content (AvgIpc) is 2.78. The van der Waals surface area contributed by atoms with Gasteiger partial charge in [-0.05, 0) is 18.8 Å². The molecule has 1 amide bonds. The van der Waals surface area contributed by atoms with E-state index in [0.29, 0.717) is 12.5 Å². The topological polar surface area (TPSA) is 45.2 Å². The predicted octanol–water partition coefficient (Wildman–Crippen LogP) is 1.81. The van der Waals surface area contributed by atoms with Gasteiger partial charge >= 0.3 is 0 Å². The van der Waals surface area contributed by atoms with Crippen molar-refractivity contribution in [2.45, 2.75) is 19.8 Å². The summed E-state index contributed by atoms with van der Waals surface area (Å²) in [6.45, 7) is 4.37. The van der Waals surface area contributed by atoms with Gasteiger partial charge in [-0.3, -0.25) is 4.79 Å². The Morgan fingerprint density at radius 3 is 3.31 bits per heavy atom. The Bertz CT molecular complexity index is 339. The van der Waals surface area contributed by atoms with Crippen LogP contribution in [0.15, 0.2) is 11.6 Å². The Labute approximate surface area is 99.7 Å². The number of thiazole rings is 1. The Morgan fingerprint density at radius 1 is 1.75 bits per heavy atom. The highest BCUT2D eigenvalue weighted by Crippen LogP contribution is 2.16. The van der Waals surface area contributed by atoms with Crippen molar-refractivity contribution in [3.63, 3.8) is 0 Å². The van der Waals surface area contributed by atoms with E-state index in [1.54, 1.807) is 6.20 Å². The molecular formula is C11H17N3OS. The Morgan fingerprint density at radius 2 is 2.62 bits per heavy atom. The van der Waals surface area contributed by atoms with Gasteiger partial charge in [0, 0.05) is 24.7 Å². The Kier molecular flexibility index (Phi) is 3.77. The second-order valence-electron chi connectivity index (χ2n) is 4.28. The molecule has 1 fully saturated rings. The van der Waals surface area contributed by atoms with Gasteiger partial charge in [0.15, 0.2) is 5.13 Å². The first-order valence-corrected chi connectivity index (χ1v) is 6.55. The van der Waals surface area contributed by atoms with Gasteiger partial charge in [-0.2, -0.15) is 0 Å². The van der Waals surface area contributed by atoms with E-state index in [9.17, 15) is 4.79 Å². The van der Waals surface area contributed by atoms with Gasteiger partial charge in [0.1, 0.15) is 0 Å². The zero-order chi connectivity index (χ0) is 11.4. The van der Waals surface area contributed by atoms with E-state index in [2.05, 4.69) is 17.2 Å². The molecule has 1 aliphatic heterocycles. The fourth-order valence-corrected chi connectivity index (χ4v) is 2.52. The molecule has 2 rings (SSSR count). The van der Waals surface area contributed by atoms with Crippen molar-refractivity contribution in [1.82, 2.24) is 9.88 Å². The summed E-state index contributed by atoms with van der Waals surface area (Å²) in [5, 5.41) is 5.77. The molecule has 2 heterocycles. The van der Waals surface area contributed by atoms with Crippen molar-refractivity contribution in [1.29, 1.82) is 0 Å². The van der Waals surface area contributed by atoms with Gasteiger partial charge in [0.2, 0.25) is 5.91 Å². The van der Waals surface area contributed by atoms with Crippen LogP contribution in [0.2, 0.25) is 0 Å². The average molecular weight is 239 g/mol. The summed E-state index contributed by atoms with van der Waals surface area (Å²) in [7, 11) is 0. The molecule has 0 radical (unpaired) electrons. The van der Waals surface area contributed by atoms with Crippen molar-refractivity contribution in [2.24, 2.45) is 5.92 Å². The molecule has 1 atom stereocenters. The number of carbonyl (C=O) groups excluding carboxylic acids is 1. The molecule has 0 bridgehead atoms. The van der Waals surface area contributed by atoms with Crippen LogP contribution in [0.5, 0.6) is 0 Å². The summed E-state index contributed by atoms with van der Waals surface area (Å²) < 4.78 is 0. The van der Waals surface area contributed by atoms with Crippen LogP contribution >= 0.6 is 11.3 Å². The summed E-state index contributed by atoms with van der Waals surface area (Å²) >= 11 is 1.52. The summed E-state index contributed by atoms with van der Waals surface area (Å²) in [5.74, 6) is 0.819. The van der Waals surface area contributed by atoms with Crippen LogP contribution in [-0.2, 0) is 4.79 Å². The van der Waals surface area contributed by atoms with Crippen molar-refractivity contribution < 1.29 is 4.79 Å². The van der Waals surface area contributed by atoms with Crippen molar-refractivity contribution in [3.05, 3.63) is 11.6 Å². The quantitative estimate of drug-likeness (QED) is 0.875. The lowest BCUT2D eigenvalue weighted by Crippen LogP contribution is -2.41. The van der Waals surface area contributed by atoms with Crippen molar-refractivity contribution in [3.8, 4) is 0 Å². The smallest absolute Gasteiger partial charge is 0.241 e. The predicted molar refractivity (Wildman–Crippen MR) is 65.6 cm³/mol. The molecule has 0 aromatic carbocycles. The molecule has 4 nitrogen and oxygen atoms in total. The SMILES string of the molecule is CC1CCCN(C(=O)CNc2nccs2)C1. The third-order valence-corrected chi connectivity index (χ3v) is 3.56. The number of nitrogens with zero attached hydrogens (tertiary/aromatic N) is 2. The van der Waals surface area contributed by atoms with E-state index in [0.717, 1.165) is 24.6 Å². The molecule has 0 saturated carbocycles.